The Labute approximate surface area is 106 Å². The molecule has 0 saturated carbocycles. The van der Waals surface area contributed by atoms with E-state index in [0.717, 1.165) is 27.4 Å². The Morgan fingerprint density at radius 3 is 2.41 bits per heavy atom. The van der Waals surface area contributed by atoms with Gasteiger partial charge in [0.15, 0.2) is 0 Å². The second-order valence-corrected chi connectivity index (χ2v) is 4.32. The van der Waals surface area contributed by atoms with Crippen molar-refractivity contribution in [1.82, 2.24) is 4.98 Å². The summed E-state index contributed by atoms with van der Waals surface area (Å²) in [7, 11) is 0. The summed E-state index contributed by atoms with van der Waals surface area (Å²) in [5, 5.41) is 9.25. The Morgan fingerprint density at radius 1 is 1.18 bits per heavy atom. The predicted octanol–water partition coefficient (Wildman–Crippen LogP) is 3.53. The van der Waals surface area contributed by atoms with Gasteiger partial charge < -0.3 is 0 Å². The lowest BCUT2D eigenvalue weighted by atomic mass is 10.0. The maximum Gasteiger partial charge on any atom is 0.102 e. The minimum atomic E-state index is 0.604. The predicted molar refractivity (Wildman–Crippen MR) is 71.1 cm³/mol. The average molecular weight is 240 g/mol. The van der Waals surface area contributed by atoms with Crippen molar-refractivity contribution in [2.75, 3.05) is 0 Å². The third-order valence-corrected chi connectivity index (χ3v) is 3.41. The Morgan fingerprint density at radius 2 is 1.82 bits per heavy atom. The molecule has 0 unspecified atom stereocenters. The van der Waals surface area contributed by atoms with Crippen LogP contribution in [-0.4, -0.2) is 4.98 Å². The normalized spacial score (nSPS) is 10.0. The molecule has 1 heterocycles. The van der Waals surface area contributed by atoms with Crippen LogP contribution in [-0.2, 0) is 0 Å². The number of rotatable bonds is 1. The molecule has 3 heteroatoms. The zero-order valence-corrected chi connectivity index (χ0v) is 10.6. The van der Waals surface area contributed by atoms with Gasteiger partial charge in [-0.05, 0) is 19.4 Å². The second-order valence-electron chi connectivity index (χ2n) is 3.87. The van der Waals surface area contributed by atoms with Crippen molar-refractivity contribution in [2.45, 2.75) is 18.7 Å². The third kappa shape index (κ3) is 2.04. The molecule has 0 radical (unpaired) electrons. The summed E-state index contributed by atoms with van der Waals surface area (Å²) in [5.74, 6) is 0. The Kier molecular flexibility index (Phi) is 3.16. The lowest BCUT2D eigenvalue weighted by Gasteiger charge is -2.10. The van der Waals surface area contributed by atoms with E-state index in [9.17, 15) is 5.26 Å². The number of benzene rings is 1. The van der Waals surface area contributed by atoms with Gasteiger partial charge in [0.25, 0.3) is 0 Å². The molecule has 0 aliphatic rings. The van der Waals surface area contributed by atoms with Crippen molar-refractivity contribution < 1.29 is 0 Å². The highest BCUT2D eigenvalue weighted by atomic mass is 32.1. The number of pyridine rings is 1. The number of hydrogen-bond acceptors (Lipinski definition) is 3. The van der Waals surface area contributed by atoms with Crippen LogP contribution in [0.15, 0.2) is 35.2 Å². The van der Waals surface area contributed by atoms with Crippen LogP contribution >= 0.6 is 12.6 Å². The number of hydrogen-bond donors (Lipinski definition) is 1. The summed E-state index contributed by atoms with van der Waals surface area (Å²) >= 11 is 4.38. The summed E-state index contributed by atoms with van der Waals surface area (Å²) < 4.78 is 0. The first-order valence-electron chi connectivity index (χ1n) is 5.31. The third-order valence-electron chi connectivity index (χ3n) is 2.75. The number of nitriles is 1. The Balaban J connectivity index is 2.76. The van der Waals surface area contributed by atoms with Crippen LogP contribution in [0.2, 0.25) is 0 Å². The van der Waals surface area contributed by atoms with Crippen LogP contribution in [0.5, 0.6) is 0 Å². The van der Waals surface area contributed by atoms with Crippen LogP contribution in [0.25, 0.3) is 11.3 Å². The molecule has 0 atom stereocenters. The molecule has 0 spiro atoms. The van der Waals surface area contributed by atoms with Gasteiger partial charge in [-0.3, -0.25) is 4.98 Å². The fraction of sp³-hybridized carbons (Fsp3) is 0.143. The van der Waals surface area contributed by atoms with Gasteiger partial charge in [-0.2, -0.15) is 5.26 Å². The van der Waals surface area contributed by atoms with Crippen molar-refractivity contribution in [3.05, 3.63) is 47.2 Å². The molecular formula is C14H12N2S. The monoisotopic (exact) mass is 240 g/mol. The molecule has 0 bridgehead atoms. The van der Waals surface area contributed by atoms with Crippen molar-refractivity contribution in [2.24, 2.45) is 0 Å². The number of nitrogens with zero attached hydrogens (tertiary/aromatic N) is 2. The van der Waals surface area contributed by atoms with Gasteiger partial charge >= 0.3 is 0 Å². The zero-order valence-electron chi connectivity index (χ0n) is 9.73. The van der Waals surface area contributed by atoms with Gasteiger partial charge in [0.1, 0.15) is 6.07 Å². The molecule has 0 N–H and O–H groups in total. The maximum absolute atomic E-state index is 9.25. The molecule has 1 aromatic heterocycles. The molecule has 0 amide bonds. The fourth-order valence-electron chi connectivity index (χ4n) is 1.79. The lowest BCUT2D eigenvalue weighted by Crippen LogP contribution is -1.98. The molecule has 0 aliphatic carbocycles. The van der Waals surface area contributed by atoms with Crippen molar-refractivity contribution in [1.29, 1.82) is 5.26 Å². The number of thiol groups is 1. The lowest BCUT2D eigenvalue weighted by molar-refractivity contribution is 1.07. The molecule has 84 valence electrons. The highest BCUT2D eigenvalue weighted by Crippen LogP contribution is 2.28. The van der Waals surface area contributed by atoms with Crippen LogP contribution in [0.1, 0.15) is 16.8 Å². The minimum Gasteiger partial charge on any atom is -0.251 e. The van der Waals surface area contributed by atoms with Crippen molar-refractivity contribution in [3.8, 4) is 17.3 Å². The van der Waals surface area contributed by atoms with Crippen LogP contribution in [0, 0.1) is 25.2 Å². The first-order chi connectivity index (χ1) is 8.15. The molecule has 0 saturated heterocycles. The van der Waals surface area contributed by atoms with E-state index in [2.05, 4.69) is 23.7 Å². The van der Waals surface area contributed by atoms with E-state index in [-0.39, 0.29) is 0 Å². The summed E-state index contributed by atoms with van der Waals surface area (Å²) in [6.07, 6.45) is 0. The summed E-state index contributed by atoms with van der Waals surface area (Å²) in [4.78, 5) is 5.27. The molecule has 17 heavy (non-hydrogen) atoms. The topological polar surface area (TPSA) is 36.7 Å². The quantitative estimate of drug-likeness (QED) is 0.774. The SMILES string of the molecule is Cc1nc(-c2ccccc2)c(C#N)c(C)c1S. The molecule has 2 nitrogen and oxygen atoms in total. The van der Waals surface area contributed by atoms with Gasteiger partial charge in [0, 0.05) is 10.5 Å². The standard InChI is InChI=1S/C14H12N2S/c1-9-12(8-15)13(16-10(2)14(9)17)11-6-4-3-5-7-11/h3-7,17H,1-2H3. The van der Waals surface area contributed by atoms with E-state index < -0.39 is 0 Å². The van der Waals surface area contributed by atoms with E-state index in [1.165, 1.54) is 0 Å². The van der Waals surface area contributed by atoms with Gasteiger partial charge in [0.05, 0.1) is 17.0 Å². The number of aromatic nitrogens is 1. The summed E-state index contributed by atoms with van der Waals surface area (Å²) in [6.45, 7) is 3.81. The van der Waals surface area contributed by atoms with Gasteiger partial charge in [-0.1, -0.05) is 30.3 Å². The molecular weight excluding hydrogens is 228 g/mol. The highest BCUT2D eigenvalue weighted by molar-refractivity contribution is 7.80. The Bertz CT molecular complexity index is 598. The summed E-state index contributed by atoms with van der Waals surface area (Å²) in [5.41, 5.74) is 4.04. The van der Waals surface area contributed by atoms with Gasteiger partial charge in [-0.25, -0.2) is 0 Å². The van der Waals surface area contributed by atoms with Gasteiger partial charge in [0.2, 0.25) is 0 Å². The highest BCUT2D eigenvalue weighted by Gasteiger charge is 2.13. The van der Waals surface area contributed by atoms with E-state index >= 15 is 0 Å². The Hall–Kier alpha value is -1.79. The van der Waals surface area contributed by atoms with Crippen molar-refractivity contribution >= 4 is 12.6 Å². The van der Waals surface area contributed by atoms with E-state index in [4.69, 9.17) is 0 Å². The van der Waals surface area contributed by atoms with E-state index in [0.29, 0.717) is 5.56 Å². The number of aryl methyl sites for hydroxylation is 1. The van der Waals surface area contributed by atoms with E-state index in [1.807, 2.05) is 44.2 Å². The minimum absolute atomic E-state index is 0.604. The zero-order chi connectivity index (χ0) is 12.4. The first-order valence-corrected chi connectivity index (χ1v) is 5.75. The van der Waals surface area contributed by atoms with Crippen LogP contribution in [0.3, 0.4) is 0 Å². The summed E-state index contributed by atoms with van der Waals surface area (Å²) in [6, 6.07) is 12.0. The molecule has 1 aromatic carbocycles. The second kappa shape index (κ2) is 4.60. The molecule has 0 fully saturated rings. The fourth-order valence-corrected chi connectivity index (χ4v) is 1.95. The van der Waals surface area contributed by atoms with E-state index in [1.54, 1.807) is 0 Å². The maximum atomic E-state index is 9.25. The first kappa shape index (κ1) is 11.7. The van der Waals surface area contributed by atoms with Gasteiger partial charge in [-0.15, -0.1) is 12.6 Å². The molecule has 2 aromatic rings. The molecule has 2 rings (SSSR count). The smallest absolute Gasteiger partial charge is 0.102 e. The van der Waals surface area contributed by atoms with Crippen LogP contribution in [0.4, 0.5) is 0 Å². The molecule has 0 aliphatic heterocycles. The van der Waals surface area contributed by atoms with Crippen molar-refractivity contribution in [3.63, 3.8) is 0 Å². The average Bonchev–Trinajstić information content (AvgIpc) is 2.36. The van der Waals surface area contributed by atoms with Crippen LogP contribution < -0.4 is 0 Å². The largest absolute Gasteiger partial charge is 0.251 e.